The lowest BCUT2D eigenvalue weighted by molar-refractivity contribution is -0.125. The zero-order chi connectivity index (χ0) is 18.6. The van der Waals surface area contributed by atoms with Crippen molar-refractivity contribution in [1.29, 1.82) is 0 Å². The summed E-state index contributed by atoms with van der Waals surface area (Å²) in [7, 11) is 1.65. The first-order valence-electron chi connectivity index (χ1n) is 9.72. The molecule has 1 aliphatic heterocycles. The quantitative estimate of drug-likeness (QED) is 0.851. The third-order valence-corrected chi connectivity index (χ3v) is 5.38. The molecule has 2 aromatic rings. The number of nitrogens with one attached hydrogen (secondary N) is 1. The number of nitrogens with zero attached hydrogens (tertiary/aromatic N) is 3. The third-order valence-electron chi connectivity index (χ3n) is 5.38. The second-order valence-corrected chi connectivity index (χ2v) is 7.45. The van der Waals surface area contributed by atoms with Crippen LogP contribution in [0.2, 0.25) is 0 Å². The maximum Gasteiger partial charge on any atom is 0.225 e. The van der Waals surface area contributed by atoms with Crippen LogP contribution in [0.25, 0.3) is 0 Å². The molecule has 1 amide bonds. The molecule has 0 radical (unpaired) electrons. The van der Waals surface area contributed by atoms with Crippen LogP contribution in [0.3, 0.4) is 0 Å². The van der Waals surface area contributed by atoms with E-state index in [1.165, 1.54) is 12.8 Å². The minimum atomic E-state index is -0.0192. The summed E-state index contributed by atoms with van der Waals surface area (Å²) in [6, 6.07) is 11.9. The number of ether oxygens (including phenoxy) is 1. The Kier molecular flexibility index (Phi) is 5.23. The van der Waals surface area contributed by atoms with Crippen LogP contribution in [0.5, 0.6) is 5.75 Å². The molecule has 2 aliphatic rings. The van der Waals surface area contributed by atoms with Gasteiger partial charge in [0.05, 0.1) is 18.7 Å². The van der Waals surface area contributed by atoms with Gasteiger partial charge >= 0.3 is 0 Å². The highest BCUT2D eigenvalue weighted by molar-refractivity contribution is 5.79. The van der Waals surface area contributed by atoms with Gasteiger partial charge in [0.15, 0.2) is 5.82 Å². The molecule has 0 bridgehead atoms. The van der Waals surface area contributed by atoms with Crippen LogP contribution in [-0.4, -0.2) is 36.3 Å². The number of piperidine rings is 1. The van der Waals surface area contributed by atoms with Gasteiger partial charge < -0.3 is 15.0 Å². The molecule has 27 heavy (non-hydrogen) atoms. The van der Waals surface area contributed by atoms with Crippen molar-refractivity contribution in [2.45, 2.75) is 38.1 Å². The number of carbonyl (C=O) groups excluding carboxylic acids is 1. The minimum absolute atomic E-state index is 0.0192. The van der Waals surface area contributed by atoms with Crippen LogP contribution in [-0.2, 0) is 11.3 Å². The van der Waals surface area contributed by atoms with Gasteiger partial charge in [-0.25, -0.2) is 0 Å². The van der Waals surface area contributed by atoms with Gasteiger partial charge in [-0.1, -0.05) is 12.1 Å². The average Bonchev–Trinajstić information content (AvgIpc) is 3.58. The van der Waals surface area contributed by atoms with Crippen molar-refractivity contribution in [3.05, 3.63) is 47.7 Å². The number of anilines is 1. The first-order chi connectivity index (χ1) is 13.2. The lowest BCUT2D eigenvalue weighted by Crippen LogP contribution is -2.43. The molecule has 1 aromatic carbocycles. The average molecular weight is 366 g/mol. The Morgan fingerprint density at radius 3 is 2.85 bits per heavy atom. The Labute approximate surface area is 159 Å². The fourth-order valence-corrected chi connectivity index (χ4v) is 3.62. The smallest absolute Gasteiger partial charge is 0.225 e. The van der Waals surface area contributed by atoms with Gasteiger partial charge in [0.2, 0.25) is 5.91 Å². The van der Waals surface area contributed by atoms with E-state index in [0.717, 1.165) is 42.2 Å². The van der Waals surface area contributed by atoms with Gasteiger partial charge in [-0.15, -0.1) is 5.10 Å². The molecule has 2 heterocycles. The van der Waals surface area contributed by atoms with Crippen LogP contribution >= 0.6 is 0 Å². The van der Waals surface area contributed by atoms with E-state index in [1.807, 2.05) is 24.3 Å². The highest BCUT2D eigenvalue weighted by Gasteiger charge is 2.28. The number of methoxy groups -OCH3 is 1. The van der Waals surface area contributed by atoms with Crippen molar-refractivity contribution < 1.29 is 9.53 Å². The normalized spacial score (nSPS) is 19.6. The Morgan fingerprint density at radius 2 is 2.11 bits per heavy atom. The summed E-state index contributed by atoms with van der Waals surface area (Å²) in [5, 5.41) is 11.8. The van der Waals surface area contributed by atoms with Crippen LogP contribution in [0.4, 0.5) is 5.82 Å². The third kappa shape index (κ3) is 4.38. The molecule has 1 aliphatic carbocycles. The molecular formula is C21H26N4O2. The Morgan fingerprint density at radius 1 is 1.22 bits per heavy atom. The number of aromatic nitrogens is 2. The van der Waals surface area contributed by atoms with Crippen molar-refractivity contribution in [2.75, 3.05) is 25.1 Å². The maximum absolute atomic E-state index is 12.6. The largest absolute Gasteiger partial charge is 0.497 e. The fraction of sp³-hybridized carbons (Fsp3) is 0.476. The second kappa shape index (κ2) is 7.94. The Balaban J connectivity index is 1.33. The molecule has 1 aromatic heterocycles. The van der Waals surface area contributed by atoms with Crippen molar-refractivity contribution in [2.24, 2.45) is 5.92 Å². The predicted molar refractivity (Wildman–Crippen MR) is 104 cm³/mol. The first-order valence-corrected chi connectivity index (χ1v) is 9.72. The van der Waals surface area contributed by atoms with Gasteiger partial charge in [0, 0.05) is 25.6 Å². The fourth-order valence-electron chi connectivity index (χ4n) is 3.62. The van der Waals surface area contributed by atoms with Crippen LogP contribution in [0, 0.1) is 5.92 Å². The molecule has 6 heteroatoms. The number of carbonyl (C=O) groups is 1. The molecule has 1 saturated carbocycles. The molecule has 1 saturated heterocycles. The molecule has 142 valence electrons. The summed E-state index contributed by atoms with van der Waals surface area (Å²) in [5.41, 5.74) is 2.14. The number of hydrogen-bond acceptors (Lipinski definition) is 5. The summed E-state index contributed by atoms with van der Waals surface area (Å²) >= 11 is 0. The molecule has 0 spiro atoms. The zero-order valence-electron chi connectivity index (χ0n) is 15.7. The topological polar surface area (TPSA) is 67.3 Å². The summed E-state index contributed by atoms with van der Waals surface area (Å²) in [6.07, 6.45) is 4.36. The van der Waals surface area contributed by atoms with E-state index in [9.17, 15) is 4.79 Å². The van der Waals surface area contributed by atoms with Crippen molar-refractivity contribution >= 4 is 11.7 Å². The molecule has 1 unspecified atom stereocenters. The number of amides is 1. The highest BCUT2D eigenvalue weighted by atomic mass is 16.5. The van der Waals surface area contributed by atoms with Crippen LogP contribution < -0.4 is 15.0 Å². The van der Waals surface area contributed by atoms with E-state index >= 15 is 0 Å². The van der Waals surface area contributed by atoms with E-state index in [0.29, 0.717) is 19.0 Å². The predicted octanol–water partition coefficient (Wildman–Crippen LogP) is 2.90. The monoisotopic (exact) mass is 366 g/mol. The highest BCUT2D eigenvalue weighted by Crippen LogP contribution is 2.38. The number of rotatable bonds is 6. The van der Waals surface area contributed by atoms with E-state index < -0.39 is 0 Å². The molecule has 2 fully saturated rings. The molecule has 1 N–H and O–H groups in total. The molecule has 4 rings (SSSR count). The standard InChI is InChI=1S/C21H26N4O2/c1-27-18-6-2-4-15(12-18)13-22-21(26)17-5-3-11-25(14-17)20-10-9-19(23-24-20)16-7-8-16/h2,4,6,9-10,12,16-17H,3,5,7-8,11,13-14H2,1H3,(H,22,26). The molecule has 6 nitrogen and oxygen atoms in total. The van der Waals surface area contributed by atoms with Crippen LogP contribution in [0.15, 0.2) is 36.4 Å². The minimum Gasteiger partial charge on any atom is -0.497 e. The first kappa shape index (κ1) is 17.8. The van der Waals surface area contributed by atoms with Crippen molar-refractivity contribution in [3.63, 3.8) is 0 Å². The summed E-state index contributed by atoms with van der Waals surface area (Å²) in [6.45, 7) is 2.14. The van der Waals surface area contributed by atoms with E-state index in [2.05, 4.69) is 32.5 Å². The van der Waals surface area contributed by atoms with Gasteiger partial charge in [-0.2, -0.15) is 5.10 Å². The second-order valence-electron chi connectivity index (χ2n) is 7.45. The Bertz CT molecular complexity index is 789. The molecule has 1 atom stereocenters. The summed E-state index contributed by atoms with van der Waals surface area (Å²) in [4.78, 5) is 14.8. The van der Waals surface area contributed by atoms with Crippen LogP contribution in [0.1, 0.15) is 42.9 Å². The van der Waals surface area contributed by atoms with Gasteiger partial charge in [-0.05, 0) is 55.5 Å². The van der Waals surface area contributed by atoms with Gasteiger partial charge in [-0.3, -0.25) is 4.79 Å². The lowest BCUT2D eigenvalue weighted by atomic mass is 9.97. The van der Waals surface area contributed by atoms with Crippen molar-refractivity contribution in [3.8, 4) is 5.75 Å². The van der Waals surface area contributed by atoms with E-state index in [1.54, 1.807) is 7.11 Å². The van der Waals surface area contributed by atoms with E-state index in [4.69, 9.17) is 4.74 Å². The maximum atomic E-state index is 12.6. The number of benzene rings is 1. The van der Waals surface area contributed by atoms with Gasteiger partial charge in [0.25, 0.3) is 0 Å². The van der Waals surface area contributed by atoms with Gasteiger partial charge in [0.1, 0.15) is 5.75 Å². The zero-order valence-corrected chi connectivity index (χ0v) is 15.7. The van der Waals surface area contributed by atoms with E-state index in [-0.39, 0.29) is 11.8 Å². The summed E-state index contributed by atoms with van der Waals surface area (Å²) < 4.78 is 5.24. The SMILES string of the molecule is COc1cccc(CNC(=O)C2CCCN(c3ccc(C4CC4)nn3)C2)c1. The number of hydrogen-bond donors (Lipinski definition) is 1. The lowest BCUT2D eigenvalue weighted by Gasteiger charge is -2.32. The van der Waals surface area contributed by atoms with Crippen molar-refractivity contribution in [1.82, 2.24) is 15.5 Å². The Hall–Kier alpha value is -2.63. The molecular weight excluding hydrogens is 340 g/mol. The summed E-state index contributed by atoms with van der Waals surface area (Å²) in [5.74, 6) is 2.38.